The number of hydrogen-bond acceptors (Lipinski definition) is 3. The molecule has 3 aliphatic rings. The molecule has 25 heavy (non-hydrogen) atoms. The van der Waals surface area contributed by atoms with Crippen LogP contribution in [-0.4, -0.2) is 51.9 Å². The summed E-state index contributed by atoms with van der Waals surface area (Å²) in [6.07, 6.45) is 5.44. The number of rotatable bonds is 3. The van der Waals surface area contributed by atoms with Crippen LogP contribution in [0.4, 0.5) is 0 Å². The number of aromatic hydroxyl groups is 1. The molecule has 0 unspecified atom stereocenters. The Balaban J connectivity index is 1.48. The van der Waals surface area contributed by atoms with Crippen molar-refractivity contribution in [2.75, 3.05) is 13.1 Å². The van der Waals surface area contributed by atoms with Crippen LogP contribution in [0.1, 0.15) is 54.9 Å². The van der Waals surface area contributed by atoms with Crippen LogP contribution in [0, 0.1) is 5.92 Å². The number of phenolic OH excluding ortho intramolecular Hbond substituents is 1. The average Bonchev–Trinajstić information content (AvgIpc) is 3.45. The summed E-state index contributed by atoms with van der Waals surface area (Å²) in [7, 11) is 0. The Morgan fingerprint density at radius 2 is 2.04 bits per heavy atom. The fourth-order valence-electron chi connectivity index (χ4n) is 4.45. The van der Waals surface area contributed by atoms with Gasteiger partial charge in [0.1, 0.15) is 5.75 Å². The molecule has 3 fully saturated rings. The molecule has 1 saturated carbocycles. The second-order valence-corrected chi connectivity index (χ2v) is 7.64. The highest BCUT2D eigenvalue weighted by atomic mass is 16.3. The lowest BCUT2D eigenvalue weighted by atomic mass is 9.83. The maximum absolute atomic E-state index is 12.9. The van der Waals surface area contributed by atoms with Gasteiger partial charge in [0.05, 0.1) is 5.56 Å². The number of phenols is 1. The van der Waals surface area contributed by atoms with Crippen molar-refractivity contribution in [2.24, 2.45) is 5.92 Å². The van der Waals surface area contributed by atoms with Gasteiger partial charge in [0.25, 0.3) is 5.91 Å². The zero-order valence-corrected chi connectivity index (χ0v) is 14.8. The zero-order chi connectivity index (χ0) is 17.6. The molecule has 0 bridgehead atoms. The first-order valence-electron chi connectivity index (χ1n) is 9.50. The third kappa shape index (κ3) is 3.00. The van der Waals surface area contributed by atoms with Gasteiger partial charge in [0, 0.05) is 31.6 Å². The molecule has 1 aliphatic carbocycles. The molecule has 2 heterocycles. The Labute approximate surface area is 148 Å². The lowest BCUT2D eigenvalue weighted by molar-refractivity contribution is -0.141. The number of nitrogens with zero attached hydrogens (tertiary/aromatic N) is 2. The summed E-state index contributed by atoms with van der Waals surface area (Å²) in [6.45, 7) is 3.37. The largest absolute Gasteiger partial charge is 0.507 e. The monoisotopic (exact) mass is 342 g/mol. The highest BCUT2D eigenvalue weighted by Crippen LogP contribution is 2.39. The minimum atomic E-state index is -0.0894. The van der Waals surface area contributed by atoms with Gasteiger partial charge in [0.2, 0.25) is 5.91 Å². The fraction of sp³-hybridized carbons (Fsp3) is 0.600. The van der Waals surface area contributed by atoms with E-state index in [1.54, 1.807) is 12.1 Å². The van der Waals surface area contributed by atoms with Crippen molar-refractivity contribution < 1.29 is 14.7 Å². The molecule has 2 amide bonds. The Morgan fingerprint density at radius 3 is 2.72 bits per heavy atom. The Morgan fingerprint density at radius 1 is 1.24 bits per heavy atom. The van der Waals surface area contributed by atoms with Crippen molar-refractivity contribution in [1.29, 1.82) is 0 Å². The van der Waals surface area contributed by atoms with Crippen LogP contribution in [0.2, 0.25) is 0 Å². The molecule has 1 N–H and O–H groups in total. The minimum Gasteiger partial charge on any atom is -0.507 e. The normalized spacial score (nSPS) is 26.5. The minimum absolute atomic E-state index is 0.0740. The topological polar surface area (TPSA) is 60.9 Å². The number of fused-ring (bicyclic) bond motifs is 1. The van der Waals surface area contributed by atoms with Crippen LogP contribution in [0.15, 0.2) is 18.2 Å². The van der Waals surface area contributed by atoms with Crippen molar-refractivity contribution in [2.45, 2.75) is 57.5 Å². The number of aryl methyl sites for hydroxylation is 1. The molecular weight excluding hydrogens is 316 g/mol. The molecule has 0 spiro atoms. The van der Waals surface area contributed by atoms with E-state index in [2.05, 4.69) is 4.90 Å². The quantitative estimate of drug-likeness (QED) is 0.918. The molecule has 0 aromatic heterocycles. The van der Waals surface area contributed by atoms with E-state index >= 15 is 0 Å². The number of benzene rings is 1. The molecular formula is C20H26N2O3. The van der Waals surface area contributed by atoms with Crippen molar-refractivity contribution >= 4 is 11.8 Å². The summed E-state index contributed by atoms with van der Waals surface area (Å²) in [6, 6.07) is 6.09. The summed E-state index contributed by atoms with van der Waals surface area (Å²) in [5.41, 5.74) is 1.42. The second kappa shape index (κ2) is 6.36. The van der Waals surface area contributed by atoms with Gasteiger partial charge in [-0.25, -0.2) is 0 Å². The number of likely N-dealkylation sites (tertiary alicyclic amines) is 2. The molecule has 1 aromatic rings. The van der Waals surface area contributed by atoms with Gasteiger partial charge in [-0.2, -0.15) is 0 Å². The van der Waals surface area contributed by atoms with Crippen LogP contribution in [-0.2, 0) is 11.2 Å². The third-order valence-electron chi connectivity index (χ3n) is 6.00. The molecule has 4 rings (SSSR count). The first-order valence-corrected chi connectivity index (χ1v) is 9.50. The van der Waals surface area contributed by atoms with Crippen molar-refractivity contribution in [3.8, 4) is 5.75 Å². The van der Waals surface area contributed by atoms with Gasteiger partial charge in [0.15, 0.2) is 0 Å². The van der Waals surface area contributed by atoms with E-state index in [0.29, 0.717) is 49.0 Å². The van der Waals surface area contributed by atoms with E-state index in [1.165, 1.54) is 0 Å². The first kappa shape index (κ1) is 16.4. The van der Waals surface area contributed by atoms with Gasteiger partial charge in [-0.15, -0.1) is 0 Å². The van der Waals surface area contributed by atoms with E-state index in [-0.39, 0.29) is 11.7 Å². The SMILES string of the molecule is CCc1ccc(C(=O)N2CC[C@@H]3[C@@H](CCC(=O)N3C3CC3)C2)c(O)c1. The number of amides is 2. The van der Waals surface area contributed by atoms with Gasteiger partial charge in [-0.05, 0) is 55.7 Å². The Bertz CT molecular complexity index is 698. The molecule has 5 nitrogen and oxygen atoms in total. The predicted octanol–water partition coefficient (Wildman–Crippen LogP) is 2.57. The van der Waals surface area contributed by atoms with Gasteiger partial charge in [-0.1, -0.05) is 13.0 Å². The summed E-state index contributed by atoms with van der Waals surface area (Å²) in [5.74, 6) is 0.655. The summed E-state index contributed by atoms with van der Waals surface area (Å²) >= 11 is 0. The first-order chi connectivity index (χ1) is 12.1. The lowest BCUT2D eigenvalue weighted by Gasteiger charge is -2.47. The molecule has 134 valence electrons. The van der Waals surface area contributed by atoms with E-state index in [4.69, 9.17) is 0 Å². The van der Waals surface area contributed by atoms with Gasteiger partial charge < -0.3 is 14.9 Å². The van der Waals surface area contributed by atoms with Gasteiger partial charge in [-0.3, -0.25) is 9.59 Å². The lowest BCUT2D eigenvalue weighted by Crippen LogP contribution is -2.57. The standard InChI is InChI=1S/C20H26N2O3/c1-2-13-3-7-16(18(23)11-13)20(25)21-10-9-17-14(12-21)4-8-19(24)22(17)15-5-6-15/h3,7,11,14-15,17,23H,2,4-6,8-10,12H2,1H3/t14-,17+/m0/s1. The van der Waals surface area contributed by atoms with Gasteiger partial charge >= 0.3 is 0 Å². The molecule has 5 heteroatoms. The van der Waals surface area contributed by atoms with E-state index in [1.807, 2.05) is 17.9 Å². The van der Waals surface area contributed by atoms with Crippen LogP contribution < -0.4 is 0 Å². The van der Waals surface area contributed by atoms with Crippen molar-refractivity contribution in [1.82, 2.24) is 9.80 Å². The maximum Gasteiger partial charge on any atom is 0.257 e. The fourth-order valence-corrected chi connectivity index (χ4v) is 4.45. The highest BCUT2D eigenvalue weighted by molar-refractivity contribution is 5.97. The highest BCUT2D eigenvalue weighted by Gasteiger charge is 2.45. The average molecular weight is 342 g/mol. The summed E-state index contributed by atoms with van der Waals surface area (Å²) in [4.78, 5) is 29.1. The Kier molecular flexibility index (Phi) is 4.18. The maximum atomic E-state index is 12.9. The predicted molar refractivity (Wildman–Crippen MR) is 94.4 cm³/mol. The van der Waals surface area contributed by atoms with E-state index in [9.17, 15) is 14.7 Å². The van der Waals surface area contributed by atoms with E-state index < -0.39 is 0 Å². The summed E-state index contributed by atoms with van der Waals surface area (Å²) in [5, 5.41) is 10.2. The second-order valence-electron chi connectivity index (χ2n) is 7.64. The van der Waals surface area contributed by atoms with Crippen LogP contribution in [0.3, 0.4) is 0 Å². The van der Waals surface area contributed by atoms with Crippen LogP contribution in [0.25, 0.3) is 0 Å². The van der Waals surface area contributed by atoms with Crippen LogP contribution >= 0.6 is 0 Å². The number of hydrogen-bond donors (Lipinski definition) is 1. The van der Waals surface area contributed by atoms with Crippen molar-refractivity contribution in [3.63, 3.8) is 0 Å². The van der Waals surface area contributed by atoms with Crippen molar-refractivity contribution in [3.05, 3.63) is 29.3 Å². The smallest absolute Gasteiger partial charge is 0.257 e. The molecule has 0 radical (unpaired) electrons. The van der Waals surface area contributed by atoms with Crippen LogP contribution in [0.5, 0.6) is 5.75 Å². The Hall–Kier alpha value is -2.04. The molecule has 2 atom stereocenters. The number of carbonyl (C=O) groups is 2. The molecule has 2 aliphatic heterocycles. The number of piperidine rings is 2. The molecule has 2 saturated heterocycles. The molecule has 1 aromatic carbocycles. The van der Waals surface area contributed by atoms with E-state index in [0.717, 1.165) is 37.7 Å². The summed E-state index contributed by atoms with van der Waals surface area (Å²) < 4.78 is 0. The third-order valence-corrected chi connectivity index (χ3v) is 6.00. The number of carbonyl (C=O) groups excluding carboxylic acids is 2. The zero-order valence-electron chi connectivity index (χ0n) is 14.8.